The van der Waals surface area contributed by atoms with Gasteiger partial charge >= 0.3 is 6.09 Å². The monoisotopic (exact) mass is 513 g/mol. The summed E-state index contributed by atoms with van der Waals surface area (Å²) < 4.78 is 7.27. The summed E-state index contributed by atoms with van der Waals surface area (Å²) in [5, 5.41) is 21.1. The zero-order valence-corrected chi connectivity index (χ0v) is 21.7. The number of carbonyl (C=O) groups excluding carboxylic acids is 2. The van der Waals surface area contributed by atoms with Crippen LogP contribution >= 0.6 is 0 Å². The van der Waals surface area contributed by atoms with E-state index in [1.54, 1.807) is 22.0 Å². The molecule has 0 spiro atoms. The van der Waals surface area contributed by atoms with E-state index in [2.05, 4.69) is 26.7 Å². The zero-order chi connectivity index (χ0) is 26.9. The fourth-order valence-corrected chi connectivity index (χ4v) is 5.35. The van der Waals surface area contributed by atoms with Crippen LogP contribution in [0.5, 0.6) is 0 Å². The van der Waals surface area contributed by atoms with Gasteiger partial charge < -0.3 is 10.1 Å². The topological polar surface area (TPSA) is 126 Å². The number of likely N-dealkylation sites (tertiary alicyclic amines) is 1. The van der Waals surface area contributed by atoms with E-state index in [4.69, 9.17) is 4.74 Å². The van der Waals surface area contributed by atoms with Crippen LogP contribution in [0, 0.1) is 17.2 Å². The average molecular weight is 514 g/mol. The fourth-order valence-electron chi connectivity index (χ4n) is 5.35. The molecule has 1 aliphatic heterocycles. The van der Waals surface area contributed by atoms with Gasteiger partial charge in [-0.15, -0.1) is 5.10 Å². The lowest BCUT2D eigenvalue weighted by Gasteiger charge is -2.35. The molecule has 1 saturated carbocycles. The number of rotatable bonds is 6. The summed E-state index contributed by atoms with van der Waals surface area (Å²) in [6.07, 6.45) is 7.70. The van der Waals surface area contributed by atoms with Gasteiger partial charge in [-0.3, -0.25) is 14.7 Å². The van der Waals surface area contributed by atoms with Gasteiger partial charge in [-0.1, -0.05) is 17.3 Å². The van der Waals surface area contributed by atoms with Gasteiger partial charge in [0.1, 0.15) is 23.4 Å². The number of hydrogen-bond acceptors (Lipinski definition) is 7. The molecule has 1 N–H and O–H groups in total. The van der Waals surface area contributed by atoms with Crippen LogP contribution in [0.4, 0.5) is 4.79 Å². The first-order valence-electron chi connectivity index (χ1n) is 12.9. The van der Waals surface area contributed by atoms with Crippen molar-refractivity contribution in [1.82, 2.24) is 30.2 Å². The van der Waals surface area contributed by atoms with Gasteiger partial charge in [0.25, 0.3) is 0 Å². The number of amides is 2. The fraction of sp³-hybridized carbons (Fsp3) is 0.429. The van der Waals surface area contributed by atoms with Gasteiger partial charge in [0, 0.05) is 30.4 Å². The Labute approximate surface area is 221 Å². The second kappa shape index (κ2) is 10.2. The molecule has 2 fully saturated rings. The van der Waals surface area contributed by atoms with Gasteiger partial charge in [-0.05, 0) is 75.8 Å². The summed E-state index contributed by atoms with van der Waals surface area (Å²) in [6.45, 7) is 5.44. The van der Waals surface area contributed by atoms with Crippen LogP contribution in [0.3, 0.4) is 0 Å². The molecule has 4 atom stereocenters. The summed E-state index contributed by atoms with van der Waals surface area (Å²) >= 11 is 0. The van der Waals surface area contributed by atoms with Crippen LogP contribution in [0.2, 0.25) is 0 Å². The van der Waals surface area contributed by atoms with Crippen LogP contribution in [-0.2, 0) is 16.0 Å². The number of benzene rings is 1. The Morgan fingerprint density at radius 1 is 1.16 bits per heavy atom. The summed E-state index contributed by atoms with van der Waals surface area (Å²) in [7, 11) is 0. The molecule has 1 aromatic carbocycles. The van der Waals surface area contributed by atoms with Crippen LogP contribution in [0.1, 0.15) is 45.6 Å². The van der Waals surface area contributed by atoms with Crippen molar-refractivity contribution in [2.45, 2.75) is 70.2 Å². The lowest BCUT2D eigenvalue weighted by Crippen LogP contribution is -2.55. The Morgan fingerprint density at radius 2 is 1.89 bits per heavy atom. The van der Waals surface area contributed by atoms with Gasteiger partial charge in [-0.2, -0.15) is 5.26 Å². The van der Waals surface area contributed by atoms with Crippen LogP contribution < -0.4 is 5.32 Å². The van der Waals surface area contributed by atoms with E-state index in [1.165, 1.54) is 0 Å². The Balaban J connectivity index is 1.23. The highest BCUT2D eigenvalue weighted by molar-refractivity contribution is 5.87. The molecule has 196 valence electrons. The Morgan fingerprint density at radius 3 is 2.58 bits per heavy atom. The molecule has 2 aromatic heterocycles. The standard InChI is InChI=1S/C28H31N7O3/c1-28(2,3)38-27(37)35-23-9-6-20(15-23)25(35)26(36)31-21(16-29)14-18-4-7-22(8-5-18)34-17-24(32-33-34)19-10-12-30-13-11-19/h4-5,7-8,10-13,17,20-21,23,25H,6,9,14-15H2,1-3H3,(H,31,36). The highest BCUT2D eigenvalue weighted by Gasteiger charge is 2.52. The summed E-state index contributed by atoms with van der Waals surface area (Å²) in [6, 6.07) is 12.2. The number of aromatic nitrogens is 4. The lowest BCUT2D eigenvalue weighted by molar-refractivity contribution is -0.128. The Bertz CT molecular complexity index is 1340. The minimum Gasteiger partial charge on any atom is -0.444 e. The van der Waals surface area contributed by atoms with Crippen LogP contribution in [0.15, 0.2) is 55.0 Å². The normalized spacial score (nSPS) is 21.1. The van der Waals surface area contributed by atoms with E-state index >= 15 is 0 Å². The Hall–Kier alpha value is -4.26. The molecule has 2 bridgehead atoms. The van der Waals surface area contributed by atoms with E-state index < -0.39 is 23.8 Å². The predicted octanol–water partition coefficient (Wildman–Crippen LogP) is 3.67. The van der Waals surface area contributed by atoms with Crippen molar-refractivity contribution in [3.63, 3.8) is 0 Å². The highest BCUT2D eigenvalue weighted by Crippen LogP contribution is 2.43. The second-order valence-electron chi connectivity index (χ2n) is 10.9. The largest absolute Gasteiger partial charge is 0.444 e. The molecule has 4 unspecified atom stereocenters. The molecule has 10 heteroatoms. The number of fused-ring (bicyclic) bond motifs is 2. The maximum atomic E-state index is 13.3. The third kappa shape index (κ3) is 5.37. The van der Waals surface area contributed by atoms with Crippen molar-refractivity contribution in [2.75, 3.05) is 0 Å². The molecule has 3 aromatic rings. The zero-order valence-electron chi connectivity index (χ0n) is 21.7. The molecule has 10 nitrogen and oxygen atoms in total. The van der Waals surface area contributed by atoms with Crippen LogP contribution in [-0.4, -0.2) is 60.6 Å². The van der Waals surface area contributed by atoms with E-state index in [0.29, 0.717) is 6.42 Å². The third-order valence-corrected chi connectivity index (χ3v) is 7.04. The molecule has 5 rings (SSSR count). The number of pyridine rings is 1. The van der Waals surface area contributed by atoms with Crippen molar-refractivity contribution >= 4 is 12.0 Å². The molecule has 38 heavy (non-hydrogen) atoms. The quantitative estimate of drug-likeness (QED) is 0.533. The first-order valence-corrected chi connectivity index (χ1v) is 12.9. The van der Waals surface area contributed by atoms with Crippen molar-refractivity contribution in [3.8, 4) is 23.0 Å². The number of carbonyl (C=O) groups is 2. The number of nitrogens with one attached hydrogen (secondary N) is 1. The SMILES string of the molecule is CC(C)(C)OC(=O)N1C2CCC(C2)C1C(=O)NC(C#N)Cc1ccc(-n2cc(-c3ccncc3)nn2)cc1. The first kappa shape index (κ1) is 25.4. The maximum absolute atomic E-state index is 13.3. The molecule has 1 saturated heterocycles. The molecule has 2 amide bonds. The van der Waals surface area contributed by atoms with Gasteiger partial charge in [-0.25, -0.2) is 9.48 Å². The van der Waals surface area contributed by atoms with E-state index in [0.717, 1.165) is 41.8 Å². The predicted molar refractivity (Wildman–Crippen MR) is 139 cm³/mol. The second-order valence-corrected chi connectivity index (χ2v) is 10.9. The van der Waals surface area contributed by atoms with Gasteiger partial charge in [0.2, 0.25) is 5.91 Å². The maximum Gasteiger partial charge on any atom is 0.411 e. The molecule has 3 heterocycles. The molecular weight excluding hydrogens is 482 g/mol. The van der Waals surface area contributed by atoms with Crippen molar-refractivity contribution < 1.29 is 14.3 Å². The number of hydrogen-bond donors (Lipinski definition) is 1. The number of ether oxygens (including phenoxy) is 1. The first-order chi connectivity index (χ1) is 18.2. The van der Waals surface area contributed by atoms with Crippen molar-refractivity contribution in [2.24, 2.45) is 5.92 Å². The average Bonchev–Trinajstić information content (AvgIpc) is 3.65. The van der Waals surface area contributed by atoms with Crippen molar-refractivity contribution in [3.05, 3.63) is 60.6 Å². The minimum atomic E-state index is -0.724. The van der Waals surface area contributed by atoms with E-state index in [-0.39, 0.29) is 17.9 Å². The van der Waals surface area contributed by atoms with Crippen molar-refractivity contribution in [1.29, 1.82) is 5.26 Å². The lowest BCUT2D eigenvalue weighted by atomic mass is 9.97. The molecule has 2 aliphatic rings. The van der Waals surface area contributed by atoms with Gasteiger partial charge in [0.05, 0.1) is 18.0 Å². The molecular formula is C28H31N7O3. The molecule has 1 aliphatic carbocycles. The minimum absolute atomic E-state index is 0.00883. The molecule has 0 radical (unpaired) electrons. The van der Waals surface area contributed by atoms with Crippen LogP contribution in [0.25, 0.3) is 16.9 Å². The van der Waals surface area contributed by atoms with Gasteiger partial charge in [0.15, 0.2) is 0 Å². The summed E-state index contributed by atoms with van der Waals surface area (Å²) in [4.78, 5) is 31.8. The van der Waals surface area contributed by atoms with E-state index in [9.17, 15) is 14.9 Å². The number of nitriles is 1. The summed E-state index contributed by atoms with van der Waals surface area (Å²) in [5.41, 5.74) is 2.75. The third-order valence-electron chi connectivity index (χ3n) is 7.04. The Kier molecular flexibility index (Phi) is 6.85. The summed E-state index contributed by atoms with van der Waals surface area (Å²) in [5.74, 6) is -0.205. The smallest absolute Gasteiger partial charge is 0.411 e. The highest BCUT2D eigenvalue weighted by atomic mass is 16.6. The van der Waals surface area contributed by atoms with E-state index in [1.807, 2.05) is 63.4 Å². The number of nitrogens with zero attached hydrogens (tertiary/aromatic N) is 6. The number of piperidine rings is 1.